The summed E-state index contributed by atoms with van der Waals surface area (Å²) in [6, 6.07) is 11.3. The van der Waals surface area contributed by atoms with E-state index >= 15 is 0 Å². The number of halogens is 1. The van der Waals surface area contributed by atoms with E-state index < -0.39 is 29.5 Å². The van der Waals surface area contributed by atoms with E-state index in [4.69, 9.17) is 9.47 Å². The standard InChI is InChI=1S/C22H17FN4O5/c23-15-4-2-1-3-13(15)14-9-25-20-19(14)26-22(30)27(21(20)29)10-18(28)24-8-12-5-6-16-17(7-12)32-11-31-16/h1-7,9,25H,8,10-11H2,(H,24,28)(H,26,30). The Labute approximate surface area is 179 Å². The van der Waals surface area contributed by atoms with Gasteiger partial charge >= 0.3 is 5.69 Å². The molecule has 0 unspecified atom stereocenters. The van der Waals surface area contributed by atoms with Crippen molar-refractivity contribution in [2.24, 2.45) is 0 Å². The van der Waals surface area contributed by atoms with Crippen molar-refractivity contribution in [2.45, 2.75) is 13.1 Å². The zero-order chi connectivity index (χ0) is 22.2. The molecule has 0 saturated carbocycles. The maximum absolute atomic E-state index is 14.2. The van der Waals surface area contributed by atoms with E-state index in [1.165, 1.54) is 12.3 Å². The second-order valence-electron chi connectivity index (χ2n) is 7.22. The predicted molar refractivity (Wildman–Crippen MR) is 113 cm³/mol. The topological polar surface area (TPSA) is 118 Å². The number of fused-ring (bicyclic) bond motifs is 2. The number of nitrogens with zero attached hydrogens (tertiary/aromatic N) is 1. The Morgan fingerprint density at radius 2 is 1.88 bits per heavy atom. The number of hydrogen-bond donors (Lipinski definition) is 3. The van der Waals surface area contributed by atoms with Gasteiger partial charge in [0.25, 0.3) is 5.56 Å². The summed E-state index contributed by atoms with van der Waals surface area (Å²) in [5, 5.41) is 2.67. The highest BCUT2D eigenvalue weighted by Crippen LogP contribution is 2.32. The Hall–Kier alpha value is -4.34. The minimum absolute atomic E-state index is 0.0754. The molecule has 2 aromatic heterocycles. The number of aromatic amines is 2. The third-order valence-corrected chi connectivity index (χ3v) is 5.21. The maximum atomic E-state index is 14.2. The molecule has 0 atom stereocenters. The largest absolute Gasteiger partial charge is 0.454 e. The van der Waals surface area contributed by atoms with Gasteiger partial charge in [0.15, 0.2) is 11.5 Å². The van der Waals surface area contributed by atoms with Crippen molar-refractivity contribution in [2.75, 3.05) is 6.79 Å². The highest BCUT2D eigenvalue weighted by atomic mass is 19.1. The molecule has 3 N–H and O–H groups in total. The number of rotatable bonds is 5. The lowest BCUT2D eigenvalue weighted by Gasteiger charge is -2.08. The fourth-order valence-electron chi connectivity index (χ4n) is 3.61. The molecule has 0 radical (unpaired) electrons. The molecule has 0 bridgehead atoms. The van der Waals surface area contributed by atoms with Crippen LogP contribution in [-0.4, -0.2) is 27.2 Å². The minimum atomic E-state index is -0.766. The number of carbonyl (C=O) groups is 1. The fourth-order valence-corrected chi connectivity index (χ4v) is 3.61. The Morgan fingerprint density at radius 3 is 2.72 bits per heavy atom. The molecular formula is C22H17FN4O5. The van der Waals surface area contributed by atoms with Gasteiger partial charge in [0.05, 0.1) is 5.52 Å². The monoisotopic (exact) mass is 436 g/mol. The van der Waals surface area contributed by atoms with E-state index in [0.29, 0.717) is 17.1 Å². The number of carbonyl (C=O) groups excluding carboxylic acids is 1. The molecule has 2 aromatic carbocycles. The van der Waals surface area contributed by atoms with Gasteiger partial charge in [-0.3, -0.25) is 9.59 Å². The van der Waals surface area contributed by atoms with Crippen LogP contribution in [0, 0.1) is 5.82 Å². The first-order valence-corrected chi connectivity index (χ1v) is 9.75. The molecule has 162 valence electrons. The van der Waals surface area contributed by atoms with Crippen molar-refractivity contribution in [3.63, 3.8) is 0 Å². The molecule has 10 heteroatoms. The zero-order valence-electron chi connectivity index (χ0n) is 16.6. The zero-order valence-corrected chi connectivity index (χ0v) is 16.6. The van der Waals surface area contributed by atoms with Crippen LogP contribution in [0.15, 0.2) is 58.3 Å². The minimum Gasteiger partial charge on any atom is -0.454 e. The number of nitrogens with one attached hydrogen (secondary N) is 3. The summed E-state index contributed by atoms with van der Waals surface area (Å²) < 4.78 is 25.5. The van der Waals surface area contributed by atoms with Gasteiger partial charge in [-0.15, -0.1) is 0 Å². The van der Waals surface area contributed by atoms with Crippen molar-refractivity contribution in [1.82, 2.24) is 19.9 Å². The molecule has 3 heterocycles. The number of aromatic nitrogens is 3. The molecule has 0 spiro atoms. The summed E-state index contributed by atoms with van der Waals surface area (Å²) in [7, 11) is 0. The van der Waals surface area contributed by atoms with Crippen LogP contribution in [0.1, 0.15) is 5.56 Å². The number of amides is 1. The highest BCUT2D eigenvalue weighted by Gasteiger charge is 2.18. The second kappa shape index (κ2) is 7.73. The molecule has 5 rings (SSSR count). The van der Waals surface area contributed by atoms with Crippen LogP contribution in [0.25, 0.3) is 22.2 Å². The molecule has 32 heavy (non-hydrogen) atoms. The van der Waals surface area contributed by atoms with E-state index in [9.17, 15) is 18.8 Å². The van der Waals surface area contributed by atoms with Gasteiger partial charge in [0.2, 0.25) is 12.7 Å². The predicted octanol–water partition coefficient (Wildman–Crippen LogP) is 1.87. The molecule has 0 fully saturated rings. The summed E-state index contributed by atoms with van der Waals surface area (Å²) in [6.45, 7) is -0.135. The lowest BCUT2D eigenvalue weighted by molar-refractivity contribution is -0.121. The fraction of sp³-hybridized carbons (Fsp3) is 0.136. The Bertz CT molecular complexity index is 1470. The molecular weight excluding hydrogens is 419 g/mol. The van der Waals surface area contributed by atoms with Crippen LogP contribution in [0.5, 0.6) is 11.5 Å². The smallest absolute Gasteiger partial charge is 0.329 e. The van der Waals surface area contributed by atoms with Gasteiger partial charge in [-0.25, -0.2) is 13.8 Å². The lowest BCUT2D eigenvalue weighted by Crippen LogP contribution is -2.40. The van der Waals surface area contributed by atoms with E-state index in [-0.39, 0.29) is 29.9 Å². The van der Waals surface area contributed by atoms with Crippen LogP contribution >= 0.6 is 0 Å². The summed E-state index contributed by atoms with van der Waals surface area (Å²) in [5.41, 5.74) is 0.189. The van der Waals surface area contributed by atoms with E-state index in [2.05, 4.69) is 15.3 Å². The van der Waals surface area contributed by atoms with E-state index in [1.54, 1.807) is 36.4 Å². The number of ether oxygens (including phenoxy) is 2. The Kier molecular flexibility index (Phi) is 4.74. The maximum Gasteiger partial charge on any atom is 0.329 e. The summed E-state index contributed by atoms with van der Waals surface area (Å²) >= 11 is 0. The van der Waals surface area contributed by atoms with Crippen molar-refractivity contribution in [3.8, 4) is 22.6 Å². The van der Waals surface area contributed by atoms with Gasteiger partial charge in [0.1, 0.15) is 17.9 Å². The Morgan fingerprint density at radius 1 is 1.06 bits per heavy atom. The first kappa shape index (κ1) is 19.6. The molecule has 1 amide bonds. The average molecular weight is 436 g/mol. The molecule has 1 aliphatic heterocycles. The van der Waals surface area contributed by atoms with Gasteiger partial charge in [0, 0.05) is 23.9 Å². The van der Waals surface area contributed by atoms with Crippen molar-refractivity contribution in [3.05, 3.63) is 80.9 Å². The van der Waals surface area contributed by atoms with Crippen LogP contribution in [0.3, 0.4) is 0 Å². The third-order valence-electron chi connectivity index (χ3n) is 5.21. The summed E-state index contributed by atoms with van der Waals surface area (Å²) in [5.74, 6) is 0.219. The molecule has 0 aliphatic carbocycles. The van der Waals surface area contributed by atoms with Crippen molar-refractivity contribution < 1.29 is 18.7 Å². The van der Waals surface area contributed by atoms with Crippen LogP contribution < -0.4 is 26.0 Å². The highest BCUT2D eigenvalue weighted by molar-refractivity contribution is 5.92. The first-order valence-electron chi connectivity index (χ1n) is 9.75. The van der Waals surface area contributed by atoms with Gasteiger partial charge < -0.3 is 24.8 Å². The first-order chi connectivity index (χ1) is 15.5. The van der Waals surface area contributed by atoms with Gasteiger partial charge in [-0.1, -0.05) is 24.3 Å². The van der Waals surface area contributed by atoms with E-state index in [0.717, 1.165) is 10.1 Å². The molecule has 4 aromatic rings. The van der Waals surface area contributed by atoms with Crippen LogP contribution in [-0.2, 0) is 17.9 Å². The molecule has 0 saturated heterocycles. The van der Waals surface area contributed by atoms with Crippen molar-refractivity contribution >= 4 is 16.9 Å². The summed E-state index contributed by atoms with van der Waals surface area (Å²) in [6.07, 6.45) is 1.45. The third kappa shape index (κ3) is 3.41. The molecule has 1 aliphatic rings. The summed E-state index contributed by atoms with van der Waals surface area (Å²) in [4.78, 5) is 43.1. The molecule has 9 nitrogen and oxygen atoms in total. The SMILES string of the molecule is O=C(Cn1c(=O)[nH]c2c(-c3ccccc3F)c[nH]c2c1=O)NCc1ccc2c(c1)OCO2. The average Bonchev–Trinajstić information content (AvgIpc) is 3.42. The number of H-pyrrole nitrogens is 2. The number of hydrogen-bond acceptors (Lipinski definition) is 5. The Balaban J connectivity index is 1.37. The van der Waals surface area contributed by atoms with Gasteiger partial charge in [-0.2, -0.15) is 0 Å². The van der Waals surface area contributed by atoms with Crippen LogP contribution in [0.2, 0.25) is 0 Å². The van der Waals surface area contributed by atoms with Gasteiger partial charge in [-0.05, 0) is 23.8 Å². The van der Waals surface area contributed by atoms with E-state index in [1.807, 2.05) is 0 Å². The van der Waals surface area contributed by atoms with Crippen LogP contribution in [0.4, 0.5) is 4.39 Å². The second-order valence-corrected chi connectivity index (χ2v) is 7.22. The van der Waals surface area contributed by atoms with Crippen molar-refractivity contribution in [1.29, 1.82) is 0 Å². The number of benzene rings is 2. The lowest BCUT2D eigenvalue weighted by atomic mass is 10.1. The normalized spacial score (nSPS) is 12.3. The quantitative estimate of drug-likeness (QED) is 0.442.